The van der Waals surface area contributed by atoms with Crippen molar-refractivity contribution < 1.29 is 22.8 Å². The summed E-state index contributed by atoms with van der Waals surface area (Å²) in [6, 6.07) is 10.5. The standard InChI is InChI=1S/C34H36F3N5O2S/c1-4-29(43)41-11-9-32(20-41)8-10-40(19-32)17-23-12-26-27(28(13-23)34(35,36)37)18-42(31(26)44)25-7-5-6-24(14-25)33(15-21(2)16-33)30-22(3)45-39-38-30/h4-7,12-14,21H,1,8-11,15-20H2,2-3H3/t21?,32-,33?/m0/s1. The molecular weight excluding hydrogens is 599 g/mol. The zero-order valence-corrected chi connectivity index (χ0v) is 26.3. The van der Waals surface area contributed by atoms with Gasteiger partial charge in [0.1, 0.15) is 0 Å². The monoisotopic (exact) mass is 635 g/mol. The predicted octanol–water partition coefficient (Wildman–Crippen LogP) is 6.35. The second-order valence-corrected chi connectivity index (χ2v) is 14.5. The van der Waals surface area contributed by atoms with Gasteiger partial charge >= 0.3 is 6.18 Å². The molecule has 7 nitrogen and oxygen atoms in total. The fourth-order valence-corrected chi connectivity index (χ4v) is 8.93. The second-order valence-electron chi connectivity index (χ2n) is 13.6. The molecule has 1 saturated carbocycles. The van der Waals surface area contributed by atoms with E-state index in [2.05, 4.69) is 28.0 Å². The third-order valence-corrected chi connectivity index (χ3v) is 11.1. The number of hydrogen-bond donors (Lipinski definition) is 0. The van der Waals surface area contributed by atoms with E-state index in [9.17, 15) is 22.8 Å². The topological polar surface area (TPSA) is 69.6 Å². The maximum absolute atomic E-state index is 14.5. The molecule has 236 valence electrons. The van der Waals surface area contributed by atoms with E-state index in [1.165, 1.54) is 28.6 Å². The van der Waals surface area contributed by atoms with Crippen molar-refractivity contribution in [3.8, 4) is 0 Å². The molecule has 45 heavy (non-hydrogen) atoms. The Kier molecular flexibility index (Phi) is 7.20. The van der Waals surface area contributed by atoms with Crippen LogP contribution in [0.5, 0.6) is 0 Å². The number of benzene rings is 2. The molecule has 7 rings (SSSR count). The summed E-state index contributed by atoms with van der Waals surface area (Å²) < 4.78 is 47.6. The lowest BCUT2D eigenvalue weighted by atomic mass is 9.57. The summed E-state index contributed by atoms with van der Waals surface area (Å²) in [6.07, 6.45) is 0.286. The van der Waals surface area contributed by atoms with Crippen LogP contribution in [0.1, 0.15) is 75.8 Å². The highest BCUT2D eigenvalue weighted by atomic mass is 32.1. The molecule has 1 aromatic heterocycles. The summed E-state index contributed by atoms with van der Waals surface area (Å²) in [6.45, 7) is 10.7. The molecule has 3 aromatic rings. The van der Waals surface area contributed by atoms with E-state index in [0.29, 0.717) is 43.3 Å². The van der Waals surface area contributed by atoms with Crippen LogP contribution in [0.2, 0.25) is 0 Å². The third-order valence-electron chi connectivity index (χ3n) is 10.5. The lowest BCUT2D eigenvalue weighted by Gasteiger charge is -2.46. The van der Waals surface area contributed by atoms with Gasteiger partial charge in [-0.2, -0.15) is 13.2 Å². The van der Waals surface area contributed by atoms with Crippen molar-refractivity contribution in [1.29, 1.82) is 0 Å². The van der Waals surface area contributed by atoms with Crippen molar-refractivity contribution in [2.45, 2.75) is 64.2 Å². The lowest BCUT2D eigenvalue weighted by molar-refractivity contribution is -0.138. The van der Waals surface area contributed by atoms with Crippen LogP contribution >= 0.6 is 11.5 Å². The van der Waals surface area contributed by atoms with Crippen LogP contribution in [0.3, 0.4) is 0 Å². The minimum atomic E-state index is -4.59. The normalized spacial score (nSPS) is 26.5. The molecule has 11 heteroatoms. The number of fused-ring (bicyclic) bond motifs is 1. The molecule has 0 N–H and O–H groups in total. The summed E-state index contributed by atoms with van der Waals surface area (Å²) in [5.74, 6) is 0.0113. The Balaban J connectivity index is 1.16. The average molecular weight is 636 g/mol. The fraction of sp³-hybridized carbons (Fsp3) is 0.471. The first kappa shape index (κ1) is 30.1. The van der Waals surface area contributed by atoms with Gasteiger partial charge in [-0.3, -0.25) is 14.5 Å². The van der Waals surface area contributed by atoms with Crippen LogP contribution in [-0.4, -0.2) is 57.4 Å². The van der Waals surface area contributed by atoms with Crippen LogP contribution in [0, 0.1) is 18.3 Å². The number of alkyl halides is 3. The van der Waals surface area contributed by atoms with Crippen molar-refractivity contribution in [2.75, 3.05) is 31.1 Å². The fourth-order valence-electron chi connectivity index (χ4n) is 8.36. The first-order valence-electron chi connectivity index (χ1n) is 15.5. The van der Waals surface area contributed by atoms with Gasteiger partial charge in [0.05, 0.1) is 17.8 Å². The largest absolute Gasteiger partial charge is 0.416 e. The number of likely N-dealkylation sites (tertiary alicyclic amines) is 2. The Hall–Kier alpha value is -3.57. The van der Waals surface area contributed by atoms with Gasteiger partial charge in [-0.25, -0.2) is 0 Å². The number of aromatic nitrogens is 2. The Morgan fingerprint density at radius 1 is 1.16 bits per heavy atom. The molecule has 4 aliphatic rings. The highest BCUT2D eigenvalue weighted by molar-refractivity contribution is 7.05. The van der Waals surface area contributed by atoms with Crippen LogP contribution < -0.4 is 4.90 Å². The van der Waals surface area contributed by atoms with E-state index in [4.69, 9.17) is 0 Å². The van der Waals surface area contributed by atoms with E-state index in [0.717, 1.165) is 48.4 Å². The minimum Gasteiger partial charge on any atom is -0.339 e. The van der Waals surface area contributed by atoms with Gasteiger partial charge in [0.25, 0.3) is 5.91 Å². The number of carbonyl (C=O) groups is 2. The number of anilines is 1. The zero-order valence-electron chi connectivity index (χ0n) is 25.5. The van der Waals surface area contributed by atoms with Crippen molar-refractivity contribution in [3.63, 3.8) is 0 Å². The molecule has 0 bridgehead atoms. The maximum atomic E-state index is 14.5. The number of amides is 2. The summed E-state index contributed by atoms with van der Waals surface area (Å²) in [5.41, 5.74) is 2.07. The summed E-state index contributed by atoms with van der Waals surface area (Å²) in [4.78, 5) is 32.5. The molecule has 3 aliphatic heterocycles. The molecular formula is C34H36F3N5O2S. The smallest absolute Gasteiger partial charge is 0.339 e. The van der Waals surface area contributed by atoms with Crippen LogP contribution in [-0.2, 0) is 29.5 Å². The molecule has 3 fully saturated rings. The van der Waals surface area contributed by atoms with E-state index in [1.54, 1.807) is 17.0 Å². The quantitative estimate of drug-likeness (QED) is 0.295. The highest BCUT2D eigenvalue weighted by Gasteiger charge is 2.49. The van der Waals surface area contributed by atoms with Gasteiger partial charge in [0.15, 0.2) is 0 Å². The van der Waals surface area contributed by atoms with E-state index in [1.807, 2.05) is 25.1 Å². The first-order valence-corrected chi connectivity index (χ1v) is 16.3. The molecule has 1 spiro atoms. The number of carbonyl (C=O) groups excluding carboxylic acids is 2. The Morgan fingerprint density at radius 2 is 1.93 bits per heavy atom. The number of hydrogen-bond acceptors (Lipinski definition) is 6. The van der Waals surface area contributed by atoms with Gasteiger partial charge in [-0.05, 0) is 104 Å². The number of halogens is 3. The molecule has 2 amide bonds. The minimum absolute atomic E-state index is 0.0282. The van der Waals surface area contributed by atoms with Crippen LogP contribution in [0.15, 0.2) is 49.1 Å². The highest BCUT2D eigenvalue weighted by Crippen LogP contribution is 2.53. The first-order chi connectivity index (χ1) is 21.4. The lowest BCUT2D eigenvalue weighted by Crippen LogP contribution is -2.42. The Bertz CT molecular complexity index is 1700. The number of rotatable bonds is 6. The van der Waals surface area contributed by atoms with Crippen molar-refractivity contribution in [2.24, 2.45) is 11.3 Å². The molecule has 1 atom stereocenters. The Morgan fingerprint density at radius 3 is 2.62 bits per heavy atom. The van der Waals surface area contributed by atoms with Crippen LogP contribution in [0.25, 0.3) is 0 Å². The van der Waals surface area contributed by atoms with Gasteiger partial charge < -0.3 is 9.80 Å². The van der Waals surface area contributed by atoms with Gasteiger partial charge in [-0.15, -0.1) is 5.10 Å². The van der Waals surface area contributed by atoms with Gasteiger partial charge in [-0.1, -0.05) is 30.1 Å². The van der Waals surface area contributed by atoms with Gasteiger partial charge in [0, 0.05) is 53.1 Å². The van der Waals surface area contributed by atoms with Crippen molar-refractivity contribution in [1.82, 2.24) is 19.4 Å². The molecule has 4 heterocycles. The molecule has 0 unspecified atom stereocenters. The number of aryl methyl sites for hydroxylation is 1. The predicted molar refractivity (Wildman–Crippen MR) is 166 cm³/mol. The second kappa shape index (κ2) is 10.8. The molecule has 2 aromatic carbocycles. The Labute approximate surface area is 264 Å². The van der Waals surface area contributed by atoms with Gasteiger partial charge in [0.2, 0.25) is 5.91 Å². The maximum Gasteiger partial charge on any atom is 0.416 e. The molecule has 0 radical (unpaired) electrons. The van der Waals surface area contributed by atoms with E-state index >= 15 is 0 Å². The summed E-state index contributed by atoms with van der Waals surface area (Å²) in [5, 5.41) is 4.46. The zero-order chi connectivity index (χ0) is 31.7. The van der Waals surface area contributed by atoms with Crippen molar-refractivity contribution >= 4 is 29.0 Å². The molecule has 1 aliphatic carbocycles. The van der Waals surface area contributed by atoms with E-state index in [-0.39, 0.29) is 34.4 Å². The van der Waals surface area contributed by atoms with E-state index < -0.39 is 17.6 Å². The van der Waals surface area contributed by atoms with Crippen LogP contribution in [0.4, 0.5) is 18.9 Å². The van der Waals surface area contributed by atoms with Crippen molar-refractivity contribution in [3.05, 3.63) is 87.4 Å². The average Bonchev–Trinajstić information content (AvgIpc) is 3.78. The summed E-state index contributed by atoms with van der Waals surface area (Å²) in [7, 11) is 0. The third kappa shape index (κ3) is 5.08. The summed E-state index contributed by atoms with van der Waals surface area (Å²) >= 11 is 1.37. The molecule has 2 saturated heterocycles. The SMILES string of the molecule is C=CC(=O)N1CC[C@]2(CCN(Cc3cc4c(c(C(F)(F)F)c3)CN(c3cccc(C5(c6nnsc6C)CC(C)C5)c3)C4=O)C2)C1. The number of nitrogens with zero attached hydrogens (tertiary/aromatic N) is 5.